The van der Waals surface area contributed by atoms with Crippen LogP contribution in [0.15, 0.2) is 18.2 Å². The van der Waals surface area contributed by atoms with Crippen LogP contribution in [-0.4, -0.2) is 46.0 Å². The molecule has 1 aromatic heterocycles. The molecule has 10 heteroatoms. The molecule has 27 heavy (non-hydrogen) atoms. The van der Waals surface area contributed by atoms with Crippen LogP contribution in [0.3, 0.4) is 0 Å². The third-order valence-electron chi connectivity index (χ3n) is 4.36. The van der Waals surface area contributed by atoms with Crippen molar-refractivity contribution in [3.63, 3.8) is 0 Å². The summed E-state index contributed by atoms with van der Waals surface area (Å²) in [6.07, 6.45) is -4.54. The van der Waals surface area contributed by atoms with Crippen LogP contribution in [0.1, 0.15) is 43.0 Å². The Morgan fingerprint density at radius 3 is 2.52 bits per heavy atom. The number of rotatable bonds is 2. The van der Waals surface area contributed by atoms with Crippen LogP contribution in [0.4, 0.5) is 13.2 Å². The summed E-state index contributed by atoms with van der Waals surface area (Å²) in [5.41, 5.74) is 0.936. The van der Waals surface area contributed by atoms with E-state index < -0.39 is 18.0 Å². The van der Waals surface area contributed by atoms with Crippen LogP contribution >= 0.6 is 24.8 Å². The molecule has 2 aromatic rings. The van der Waals surface area contributed by atoms with Gasteiger partial charge in [-0.1, -0.05) is 0 Å². The van der Waals surface area contributed by atoms with Gasteiger partial charge in [-0.15, -0.1) is 24.8 Å². The van der Waals surface area contributed by atoms with Crippen molar-refractivity contribution in [3.8, 4) is 0 Å². The molecule has 5 nitrogen and oxygen atoms in total. The van der Waals surface area contributed by atoms with E-state index in [0.717, 1.165) is 4.57 Å². The number of benzene rings is 1. The lowest BCUT2D eigenvalue weighted by molar-refractivity contribution is -0.147. The maximum absolute atomic E-state index is 13.3. The summed E-state index contributed by atoms with van der Waals surface area (Å²) >= 11 is 0. The van der Waals surface area contributed by atoms with Gasteiger partial charge in [-0.25, -0.2) is 4.98 Å². The number of hydrogen-bond donors (Lipinski definition) is 1. The van der Waals surface area contributed by atoms with Crippen molar-refractivity contribution in [2.75, 3.05) is 19.6 Å². The van der Waals surface area contributed by atoms with Crippen molar-refractivity contribution in [1.82, 2.24) is 19.8 Å². The van der Waals surface area contributed by atoms with E-state index in [1.165, 1.54) is 6.07 Å². The molecular weight excluding hydrogens is 404 g/mol. The lowest BCUT2D eigenvalue weighted by Gasteiger charge is -2.32. The van der Waals surface area contributed by atoms with E-state index in [2.05, 4.69) is 10.3 Å². The number of hydrogen-bond acceptors (Lipinski definition) is 3. The van der Waals surface area contributed by atoms with Gasteiger partial charge in [-0.05, 0) is 39.0 Å². The van der Waals surface area contributed by atoms with Gasteiger partial charge in [0.15, 0.2) is 0 Å². The molecule has 3 rings (SSSR count). The first-order valence-electron chi connectivity index (χ1n) is 8.30. The average molecular weight is 427 g/mol. The highest BCUT2D eigenvalue weighted by Gasteiger charge is 2.38. The zero-order valence-electron chi connectivity index (χ0n) is 15.2. The molecule has 1 unspecified atom stereocenters. The number of imidazole rings is 1. The summed E-state index contributed by atoms with van der Waals surface area (Å²) < 4.78 is 41.0. The van der Waals surface area contributed by atoms with Crippen molar-refractivity contribution < 1.29 is 18.0 Å². The van der Waals surface area contributed by atoms with Crippen molar-refractivity contribution in [3.05, 3.63) is 29.6 Å². The lowest BCUT2D eigenvalue weighted by atomic mass is 10.1. The topological polar surface area (TPSA) is 50.2 Å². The second kappa shape index (κ2) is 8.67. The maximum atomic E-state index is 13.3. The van der Waals surface area contributed by atoms with Gasteiger partial charge in [0.05, 0.1) is 11.0 Å². The minimum Gasteiger partial charge on any atom is -0.336 e. The molecule has 0 spiro atoms. The average Bonchev–Trinajstić information content (AvgIpc) is 2.93. The SMILES string of the molecule is CC1CN(C(=O)c2ccc3c(c2)nc(C(F)(F)F)n3C(C)C)CCN1.Cl.Cl. The molecular formula is C17H23Cl2F3N4O. The molecule has 152 valence electrons. The van der Waals surface area contributed by atoms with Crippen molar-refractivity contribution in [2.24, 2.45) is 0 Å². The van der Waals surface area contributed by atoms with Crippen molar-refractivity contribution in [2.45, 2.75) is 39.0 Å². The summed E-state index contributed by atoms with van der Waals surface area (Å²) in [4.78, 5) is 18.1. The number of halogens is 5. The zero-order valence-corrected chi connectivity index (χ0v) is 16.8. The summed E-state index contributed by atoms with van der Waals surface area (Å²) in [5.74, 6) is -1.11. The smallest absolute Gasteiger partial charge is 0.336 e. The molecule has 1 aliphatic rings. The van der Waals surface area contributed by atoms with Crippen LogP contribution in [0.2, 0.25) is 0 Å². The number of fused-ring (bicyclic) bond motifs is 1. The Labute approximate surface area is 168 Å². The number of alkyl halides is 3. The normalized spacial score (nSPS) is 17.6. The third-order valence-corrected chi connectivity index (χ3v) is 4.36. The molecule has 0 bridgehead atoms. The summed E-state index contributed by atoms with van der Waals surface area (Å²) in [7, 11) is 0. The van der Waals surface area contributed by atoms with E-state index in [1.807, 2.05) is 6.92 Å². The summed E-state index contributed by atoms with van der Waals surface area (Å²) in [5, 5.41) is 3.25. The molecule has 1 N–H and O–H groups in total. The molecule has 1 fully saturated rings. The standard InChI is InChI=1S/C17H21F3N4O.2ClH/c1-10(2)24-14-5-4-12(8-13(14)22-16(24)17(18,19)20)15(25)23-7-6-21-11(3)9-23;;/h4-5,8,10-11,21H,6-7,9H2,1-3H3;2*1H. The Balaban J connectivity index is 0.00000182. The Morgan fingerprint density at radius 2 is 1.96 bits per heavy atom. The number of nitrogens with zero attached hydrogens (tertiary/aromatic N) is 3. The minimum atomic E-state index is -4.54. The fourth-order valence-corrected chi connectivity index (χ4v) is 3.25. The third kappa shape index (κ3) is 4.67. The molecule has 0 aliphatic carbocycles. The number of carbonyl (C=O) groups is 1. The highest BCUT2D eigenvalue weighted by molar-refractivity contribution is 5.97. The van der Waals surface area contributed by atoms with E-state index in [0.29, 0.717) is 30.7 Å². The molecule has 1 aromatic carbocycles. The first kappa shape index (κ1) is 23.5. The Hall–Kier alpha value is -1.51. The van der Waals surface area contributed by atoms with Crippen LogP contribution in [0.25, 0.3) is 11.0 Å². The highest BCUT2D eigenvalue weighted by atomic mass is 35.5. The Bertz CT molecular complexity index is 807. The van der Waals surface area contributed by atoms with Gasteiger partial charge in [0, 0.05) is 37.3 Å². The summed E-state index contributed by atoms with van der Waals surface area (Å²) in [6, 6.07) is 4.39. The van der Waals surface area contributed by atoms with Gasteiger partial charge in [-0.2, -0.15) is 13.2 Å². The Kier molecular flexibility index (Phi) is 7.55. The second-order valence-electron chi connectivity index (χ2n) is 6.71. The maximum Gasteiger partial charge on any atom is 0.449 e. The first-order valence-corrected chi connectivity index (χ1v) is 8.30. The zero-order chi connectivity index (χ0) is 18.4. The van der Waals surface area contributed by atoms with E-state index in [9.17, 15) is 18.0 Å². The number of piperazine rings is 1. The van der Waals surface area contributed by atoms with Gasteiger partial charge >= 0.3 is 6.18 Å². The van der Waals surface area contributed by atoms with Gasteiger partial charge in [0.2, 0.25) is 5.82 Å². The first-order chi connectivity index (χ1) is 11.7. The minimum absolute atomic E-state index is 0. The summed E-state index contributed by atoms with van der Waals surface area (Å²) in [6.45, 7) is 7.20. The second-order valence-corrected chi connectivity index (χ2v) is 6.71. The molecule has 1 amide bonds. The fraction of sp³-hybridized carbons (Fsp3) is 0.529. The fourth-order valence-electron chi connectivity index (χ4n) is 3.25. The molecule has 2 heterocycles. The van der Waals surface area contributed by atoms with E-state index in [4.69, 9.17) is 0 Å². The number of carbonyl (C=O) groups excluding carboxylic acids is 1. The van der Waals surface area contributed by atoms with E-state index in [-0.39, 0.29) is 42.3 Å². The van der Waals surface area contributed by atoms with Gasteiger partial charge in [0.25, 0.3) is 5.91 Å². The number of aromatic nitrogens is 2. The van der Waals surface area contributed by atoms with Crippen molar-refractivity contribution >= 4 is 41.8 Å². The Morgan fingerprint density at radius 1 is 1.30 bits per heavy atom. The number of nitrogens with one attached hydrogen (secondary N) is 1. The van der Waals surface area contributed by atoms with Crippen LogP contribution in [0, 0.1) is 0 Å². The van der Waals surface area contributed by atoms with Crippen LogP contribution in [-0.2, 0) is 6.18 Å². The molecule has 1 atom stereocenters. The molecule has 1 aliphatic heterocycles. The molecule has 0 saturated carbocycles. The van der Waals surface area contributed by atoms with Gasteiger partial charge in [0.1, 0.15) is 0 Å². The monoisotopic (exact) mass is 426 g/mol. The van der Waals surface area contributed by atoms with Crippen molar-refractivity contribution in [1.29, 1.82) is 0 Å². The van der Waals surface area contributed by atoms with Gasteiger partial charge < -0.3 is 14.8 Å². The predicted octanol–water partition coefficient (Wildman–Crippen LogP) is 3.91. The van der Waals surface area contributed by atoms with Crippen LogP contribution in [0.5, 0.6) is 0 Å². The van der Waals surface area contributed by atoms with E-state index in [1.54, 1.807) is 30.9 Å². The number of amides is 1. The quantitative estimate of drug-likeness (QED) is 0.791. The van der Waals surface area contributed by atoms with Gasteiger partial charge in [-0.3, -0.25) is 4.79 Å². The molecule has 0 radical (unpaired) electrons. The largest absolute Gasteiger partial charge is 0.449 e. The predicted molar refractivity (Wildman–Crippen MR) is 103 cm³/mol. The molecule has 1 saturated heterocycles. The lowest BCUT2D eigenvalue weighted by Crippen LogP contribution is -2.51. The highest BCUT2D eigenvalue weighted by Crippen LogP contribution is 2.34. The van der Waals surface area contributed by atoms with E-state index >= 15 is 0 Å². The van der Waals surface area contributed by atoms with Crippen LogP contribution < -0.4 is 5.32 Å².